The number of ketones is 1. The maximum Gasteiger partial charge on any atom is 0.164 e. The lowest BCUT2D eigenvalue weighted by atomic mass is 10.2. The van der Waals surface area contributed by atoms with Gasteiger partial charge in [-0.2, -0.15) is 0 Å². The van der Waals surface area contributed by atoms with Gasteiger partial charge >= 0.3 is 0 Å². The van der Waals surface area contributed by atoms with Crippen molar-refractivity contribution in [1.82, 2.24) is 0 Å². The van der Waals surface area contributed by atoms with E-state index in [2.05, 4.69) is 0 Å². The predicted octanol–water partition coefficient (Wildman–Crippen LogP) is 0.0815. The third kappa shape index (κ3) is 2.75. The molecule has 0 aromatic heterocycles. The molecule has 0 unspecified atom stereocenters. The molecule has 0 N–H and O–H groups in total. The van der Waals surface area contributed by atoms with E-state index in [1.165, 1.54) is 0 Å². The Labute approximate surface area is 82.3 Å². The highest BCUT2D eigenvalue weighted by molar-refractivity contribution is 5.79. The van der Waals surface area contributed by atoms with Gasteiger partial charge in [0.05, 0.1) is 39.3 Å². The minimum Gasteiger partial charge on any atom is -0.350 e. The van der Waals surface area contributed by atoms with Crippen molar-refractivity contribution in [3.8, 4) is 0 Å². The first kappa shape index (κ1) is 10.0. The van der Waals surface area contributed by atoms with Crippen molar-refractivity contribution >= 4 is 5.78 Å². The molecule has 2 saturated heterocycles. The lowest BCUT2D eigenvalue weighted by molar-refractivity contribution is -0.135. The number of Topliss-reactive ketones (excluding diaryl/α,β-unsaturated/α-hetero) is 1. The van der Waals surface area contributed by atoms with Gasteiger partial charge < -0.3 is 18.9 Å². The first-order chi connectivity index (χ1) is 6.84. The van der Waals surface area contributed by atoms with E-state index in [1.807, 2.05) is 0 Å². The molecular weight excluding hydrogens is 188 g/mol. The quantitative estimate of drug-likeness (QED) is 0.646. The molecular formula is C9H14O5. The Balaban J connectivity index is 1.66. The van der Waals surface area contributed by atoms with Crippen LogP contribution in [0.25, 0.3) is 0 Å². The van der Waals surface area contributed by atoms with Gasteiger partial charge in [0.1, 0.15) is 5.78 Å². The number of hydrogen-bond donors (Lipinski definition) is 0. The van der Waals surface area contributed by atoms with Gasteiger partial charge in [0.2, 0.25) is 0 Å². The highest BCUT2D eigenvalue weighted by atomic mass is 16.7. The van der Waals surface area contributed by atoms with Crippen molar-refractivity contribution in [2.24, 2.45) is 0 Å². The third-order valence-electron chi connectivity index (χ3n) is 2.17. The molecule has 80 valence electrons. The molecule has 0 aliphatic carbocycles. The summed E-state index contributed by atoms with van der Waals surface area (Å²) < 4.78 is 20.7. The summed E-state index contributed by atoms with van der Waals surface area (Å²) in [4.78, 5) is 11.4. The molecule has 0 aromatic rings. The van der Waals surface area contributed by atoms with Crippen molar-refractivity contribution in [1.29, 1.82) is 0 Å². The fraction of sp³-hybridized carbons (Fsp3) is 0.889. The number of hydrogen-bond acceptors (Lipinski definition) is 5. The van der Waals surface area contributed by atoms with Crippen molar-refractivity contribution < 1.29 is 23.7 Å². The topological polar surface area (TPSA) is 54.0 Å². The van der Waals surface area contributed by atoms with Gasteiger partial charge in [0, 0.05) is 0 Å². The van der Waals surface area contributed by atoms with Crippen LogP contribution >= 0.6 is 0 Å². The van der Waals surface area contributed by atoms with Gasteiger partial charge in [-0.3, -0.25) is 4.79 Å². The van der Waals surface area contributed by atoms with Crippen LogP contribution < -0.4 is 0 Å². The van der Waals surface area contributed by atoms with Gasteiger partial charge in [0.25, 0.3) is 0 Å². The lowest BCUT2D eigenvalue weighted by Gasteiger charge is -2.10. The highest BCUT2D eigenvalue weighted by Gasteiger charge is 2.24. The maximum absolute atomic E-state index is 11.4. The zero-order valence-electron chi connectivity index (χ0n) is 7.94. The van der Waals surface area contributed by atoms with E-state index in [0.29, 0.717) is 39.3 Å². The summed E-state index contributed by atoms with van der Waals surface area (Å²) in [5.74, 6) is 0.0591. The van der Waals surface area contributed by atoms with Crippen molar-refractivity contribution in [3.05, 3.63) is 0 Å². The van der Waals surface area contributed by atoms with E-state index in [-0.39, 0.29) is 18.4 Å². The number of carbonyl (C=O) groups is 1. The highest BCUT2D eigenvalue weighted by Crippen LogP contribution is 2.13. The Morgan fingerprint density at radius 2 is 1.21 bits per heavy atom. The summed E-state index contributed by atoms with van der Waals surface area (Å²) in [6.07, 6.45) is -0.125. The Kier molecular flexibility index (Phi) is 3.47. The lowest BCUT2D eigenvalue weighted by Crippen LogP contribution is -2.19. The van der Waals surface area contributed by atoms with E-state index in [1.54, 1.807) is 0 Å². The average molecular weight is 202 g/mol. The fourth-order valence-corrected chi connectivity index (χ4v) is 1.51. The van der Waals surface area contributed by atoms with Crippen LogP contribution in [-0.4, -0.2) is 44.8 Å². The summed E-state index contributed by atoms with van der Waals surface area (Å²) in [6, 6.07) is 0. The summed E-state index contributed by atoms with van der Waals surface area (Å²) in [5.41, 5.74) is 0. The minimum absolute atomic E-state index is 0.0591. The second-order valence-electron chi connectivity index (χ2n) is 3.29. The largest absolute Gasteiger partial charge is 0.350 e. The number of rotatable bonds is 4. The normalized spacial score (nSPS) is 24.6. The standard InChI is InChI=1S/C9H14O5/c10-7(5-8-11-1-2-12-8)6-9-13-3-4-14-9/h8-9H,1-6H2. The zero-order chi connectivity index (χ0) is 9.80. The van der Waals surface area contributed by atoms with Crippen LogP contribution in [0.5, 0.6) is 0 Å². The van der Waals surface area contributed by atoms with Gasteiger partial charge in [-0.1, -0.05) is 0 Å². The number of ether oxygens (including phenoxy) is 4. The second kappa shape index (κ2) is 4.84. The zero-order valence-corrected chi connectivity index (χ0v) is 7.94. The third-order valence-corrected chi connectivity index (χ3v) is 2.17. The molecule has 0 aromatic carbocycles. The van der Waals surface area contributed by atoms with Gasteiger partial charge in [-0.15, -0.1) is 0 Å². The smallest absolute Gasteiger partial charge is 0.164 e. The van der Waals surface area contributed by atoms with Gasteiger partial charge in [-0.05, 0) is 0 Å². The van der Waals surface area contributed by atoms with Crippen LogP contribution in [-0.2, 0) is 23.7 Å². The molecule has 2 rings (SSSR count). The molecule has 2 heterocycles. The first-order valence-electron chi connectivity index (χ1n) is 4.83. The fourth-order valence-electron chi connectivity index (χ4n) is 1.51. The van der Waals surface area contributed by atoms with Crippen LogP contribution in [0.3, 0.4) is 0 Å². The Bertz CT molecular complexity index is 173. The van der Waals surface area contributed by atoms with Crippen LogP contribution in [0.4, 0.5) is 0 Å². The molecule has 0 atom stereocenters. The van der Waals surface area contributed by atoms with E-state index in [0.717, 1.165) is 0 Å². The van der Waals surface area contributed by atoms with Crippen LogP contribution in [0.15, 0.2) is 0 Å². The van der Waals surface area contributed by atoms with Crippen LogP contribution in [0, 0.1) is 0 Å². The minimum atomic E-state index is -0.357. The molecule has 5 heteroatoms. The molecule has 2 fully saturated rings. The summed E-state index contributed by atoms with van der Waals surface area (Å²) in [6.45, 7) is 2.31. The predicted molar refractivity (Wildman–Crippen MR) is 45.6 cm³/mol. The Morgan fingerprint density at radius 3 is 1.57 bits per heavy atom. The Morgan fingerprint density at radius 1 is 0.857 bits per heavy atom. The molecule has 5 nitrogen and oxygen atoms in total. The first-order valence-corrected chi connectivity index (χ1v) is 4.83. The Hall–Kier alpha value is -0.490. The molecule has 14 heavy (non-hydrogen) atoms. The molecule has 0 amide bonds. The molecule has 2 aliphatic rings. The van der Waals surface area contributed by atoms with Crippen LogP contribution in [0.2, 0.25) is 0 Å². The summed E-state index contributed by atoms with van der Waals surface area (Å²) in [5, 5.41) is 0. The SMILES string of the molecule is O=C(CC1OCCO1)CC1OCCO1. The van der Waals surface area contributed by atoms with E-state index >= 15 is 0 Å². The maximum atomic E-state index is 11.4. The summed E-state index contributed by atoms with van der Waals surface area (Å²) >= 11 is 0. The van der Waals surface area contributed by atoms with Crippen molar-refractivity contribution in [2.75, 3.05) is 26.4 Å². The number of carbonyl (C=O) groups excluding carboxylic acids is 1. The second-order valence-corrected chi connectivity index (χ2v) is 3.29. The van der Waals surface area contributed by atoms with E-state index in [9.17, 15) is 4.79 Å². The van der Waals surface area contributed by atoms with Gasteiger partial charge in [0.15, 0.2) is 12.6 Å². The monoisotopic (exact) mass is 202 g/mol. The van der Waals surface area contributed by atoms with E-state index in [4.69, 9.17) is 18.9 Å². The van der Waals surface area contributed by atoms with E-state index < -0.39 is 0 Å². The van der Waals surface area contributed by atoms with Crippen LogP contribution in [0.1, 0.15) is 12.8 Å². The molecule has 0 spiro atoms. The van der Waals surface area contributed by atoms with Gasteiger partial charge in [-0.25, -0.2) is 0 Å². The van der Waals surface area contributed by atoms with Crippen molar-refractivity contribution in [2.45, 2.75) is 25.4 Å². The molecule has 0 bridgehead atoms. The molecule has 2 aliphatic heterocycles. The molecule has 0 radical (unpaired) electrons. The summed E-state index contributed by atoms with van der Waals surface area (Å²) in [7, 11) is 0. The average Bonchev–Trinajstić information content (AvgIpc) is 2.76. The molecule has 0 saturated carbocycles. The van der Waals surface area contributed by atoms with Crippen molar-refractivity contribution in [3.63, 3.8) is 0 Å².